The van der Waals surface area contributed by atoms with Crippen LogP contribution in [0.4, 0.5) is 13.2 Å². The van der Waals surface area contributed by atoms with Gasteiger partial charge in [0.2, 0.25) is 11.8 Å². The minimum absolute atomic E-state index is 0.129. The highest BCUT2D eigenvalue weighted by atomic mass is 19.4. The van der Waals surface area contributed by atoms with Crippen LogP contribution in [0.15, 0.2) is 54.6 Å². The van der Waals surface area contributed by atoms with Crippen molar-refractivity contribution in [1.82, 2.24) is 4.90 Å². The summed E-state index contributed by atoms with van der Waals surface area (Å²) >= 11 is 0. The fourth-order valence-electron chi connectivity index (χ4n) is 3.83. The third-order valence-electron chi connectivity index (χ3n) is 5.34. The number of hydrogen-bond donors (Lipinski definition) is 0. The summed E-state index contributed by atoms with van der Waals surface area (Å²) < 4.78 is 38.1. The standard InChI is InChI=1S/C20H16F3NO2/c21-20(22,23)15-8-6-14(7-9-15)16-10-19(16)11-17(25)24(18(19)26)12-13-4-2-1-3-5-13/h1-9,16H,10-12H2/t16-,19-/m1/s1. The second kappa shape index (κ2) is 5.69. The number of hydrogen-bond acceptors (Lipinski definition) is 2. The van der Waals surface area contributed by atoms with Crippen LogP contribution in [0.5, 0.6) is 0 Å². The molecule has 0 bridgehead atoms. The van der Waals surface area contributed by atoms with E-state index in [4.69, 9.17) is 0 Å². The molecule has 2 aromatic carbocycles. The van der Waals surface area contributed by atoms with Gasteiger partial charge < -0.3 is 0 Å². The lowest BCUT2D eigenvalue weighted by atomic mass is 9.96. The topological polar surface area (TPSA) is 37.4 Å². The average Bonchev–Trinajstić information content (AvgIpc) is 3.29. The molecule has 1 saturated carbocycles. The molecular formula is C20H16F3NO2. The molecule has 1 spiro atoms. The highest BCUT2D eigenvalue weighted by molar-refractivity contribution is 6.08. The van der Waals surface area contributed by atoms with Crippen molar-refractivity contribution in [3.8, 4) is 0 Å². The molecule has 134 valence electrons. The van der Waals surface area contributed by atoms with Gasteiger partial charge in [0.05, 0.1) is 17.5 Å². The van der Waals surface area contributed by atoms with Gasteiger partial charge in [0.1, 0.15) is 0 Å². The lowest BCUT2D eigenvalue weighted by molar-refractivity contribution is -0.141. The van der Waals surface area contributed by atoms with E-state index in [-0.39, 0.29) is 30.7 Å². The molecule has 1 aliphatic heterocycles. The summed E-state index contributed by atoms with van der Waals surface area (Å²) in [4.78, 5) is 26.5. The molecule has 0 N–H and O–H groups in total. The molecule has 1 aliphatic carbocycles. The first-order chi connectivity index (χ1) is 12.3. The molecule has 0 unspecified atom stereocenters. The Balaban J connectivity index is 1.52. The first kappa shape index (κ1) is 16.8. The van der Waals surface area contributed by atoms with Crippen LogP contribution >= 0.6 is 0 Å². The van der Waals surface area contributed by atoms with E-state index < -0.39 is 17.2 Å². The first-order valence-corrected chi connectivity index (χ1v) is 8.37. The fraction of sp³-hybridized carbons (Fsp3) is 0.300. The zero-order valence-electron chi connectivity index (χ0n) is 13.8. The van der Waals surface area contributed by atoms with Gasteiger partial charge in [-0.1, -0.05) is 42.5 Å². The summed E-state index contributed by atoms with van der Waals surface area (Å²) in [6, 6.07) is 14.2. The quantitative estimate of drug-likeness (QED) is 0.773. The van der Waals surface area contributed by atoms with Crippen LogP contribution in [0.3, 0.4) is 0 Å². The van der Waals surface area contributed by atoms with Crippen LogP contribution in [-0.4, -0.2) is 16.7 Å². The van der Waals surface area contributed by atoms with E-state index in [2.05, 4.69) is 0 Å². The monoisotopic (exact) mass is 359 g/mol. The summed E-state index contributed by atoms with van der Waals surface area (Å²) in [5, 5.41) is 0. The molecule has 1 heterocycles. The van der Waals surface area contributed by atoms with E-state index in [9.17, 15) is 22.8 Å². The minimum atomic E-state index is -4.38. The molecule has 0 radical (unpaired) electrons. The number of halogens is 3. The van der Waals surface area contributed by atoms with Crippen molar-refractivity contribution in [2.45, 2.75) is 31.5 Å². The molecule has 1 saturated heterocycles. The van der Waals surface area contributed by atoms with Crippen molar-refractivity contribution >= 4 is 11.8 Å². The van der Waals surface area contributed by atoms with E-state index in [1.54, 1.807) is 0 Å². The number of benzene rings is 2. The molecule has 2 amide bonds. The summed E-state index contributed by atoms with van der Waals surface area (Å²) in [5.41, 5.74) is 0.0696. The zero-order chi connectivity index (χ0) is 18.5. The number of nitrogens with zero attached hydrogens (tertiary/aromatic N) is 1. The van der Waals surface area contributed by atoms with Gasteiger partial charge in [-0.05, 0) is 35.6 Å². The van der Waals surface area contributed by atoms with E-state index in [1.807, 2.05) is 30.3 Å². The van der Waals surface area contributed by atoms with E-state index in [0.29, 0.717) is 12.0 Å². The Kier molecular flexibility index (Phi) is 3.68. The largest absolute Gasteiger partial charge is 0.416 e. The number of carbonyl (C=O) groups is 2. The molecule has 2 atom stereocenters. The lowest BCUT2D eigenvalue weighted by Gasteiger charge is -2.15. The van der Waals surface area contributed by atoms with Crippen LogP contribution < -0.4 is 0 Å². The lowest BCUT2D eigenvalue weighted by Crippen LogP contribution is -2.30. The van der Waals surface area contributed by atoms with Crippen LogP contribution in [0.25, 0.3) is 0 Å². The Morgan fingerprint density at radius 1 is 1.00 bits per heavy atom. The van der Waals surface area contributed by atoms with Gasteiger partial charge in [0.25, 0.3) is 0 Å². The maximum atomic E-state index is 12.8. The Morgan fingerprint density at radius 3 is 2.27 bits per heavy atom. The highest BCUT2D eigenvalue weighted by Gasteiger charge is 2.67. The predicted molar refractivity (Wildman–Crippen MR) is 87.9 cm³/mol. The molecule has 2 fully saturated rings. The van der Waals surface area contributed by atoms with Gasteiger partial charge in [0.15, 0.2) is 0 Å². The van der Waals surface area contributed by atoms with Crippen molar-refractivity contribution in [3.63, 3.8) is 0 Å². The van der Waals surface area contributed by atoms with Crippen LogP contribution in [0.2, 0.25) is 0 Å². The van der Waals surface area contributed by atoms with Crippen molar-refractivity contribution < 1.29 is 22.8 Å². The van der Waals surface area contributed by atoms with Gasteiger partial charge >= 0.3 is 6.18 Å². The molecule has 6 heteroatoms. The number of carbonyl (C=O) groups excluding carboxylic acids is 2. The Labute approximate surface area is 148 Å². The molecule has 2 aromatic rings. The van der Waals surface area contributed by atoms with Gasteiger partial charge in [-0.25, -0.2) is 0 Å². The molecule has 3 nitrogen and oxygen atoms in total. The maximum Gasteiger partial charge on any atom is 0.416 e. The third-order valence-corrected chi connectivity index (χ3v) is 5.34. The molecular weight excluding hydrogens is 343 g/mol. The number of imide groups is 1. The molecule has 2 aliphatic rings. The predicted octanol–water partition coefficient (Wildman–Crippen LogP) is 4.14. The normalized spacial score (nSPS) is 25.2. The minimum Gasteiger partial charge on any atom is -0.278 e. The molecule has 0 aromatic heterocycles. The number of rotatable bonds is 3. The second-order valence-electron chi connectivity index (χ2n) is 6.98. The third kappa shape index (κ3) is 2.69. The fourth-order valence-corrected chi connectivity index (χ4v) is 3.83. The Morgan fingerprint density at radius 2 is 1.65 bits per heavy atom. The average molecular weight is 359 g/mol. The highest BCUT2D eigenvalue weighted by Crippen LogP contribution is 2.65. The van der Waals surface area contributed by atoms with Crippen molar-refractivity contribution in [3.05, 3.63) is 71.3 Å². The SMILES string of the molecule is O=C1C[C@@]2(C[C@@H]2c2ccc(C(F)(F)F)cc2)C(=O)N1Cc1ccccc1. The van der Waals surface area contributed by atoms with Crippen LogP contribution in [0.1, 0.15) is 35.4 Å². The van der Waals surface area contributed by atoms with E-state index in [0.717, 1.165) is 17.7 Å². The Bertz CT molecular complexity index is 861. The van der Waals surface area contributed by atoms with Crippen molar-refractivity contribution in [2.75, 3.05) is 0 Å². The summed E-state index contributed by atoms with van der Waals surface area (Å²) in [6.45, 7) is 0.236. The molecule has 4 rings (SSSR count). The zero-order valence-corrected chi connectivity index (χ0v) is 13.8. The van der Waals surface area contributed by atoms with Crippen molar-refractivity contribution in [2.24, 2.45) is 5.41 Å². The first-order valence-electron chi connectivity index (χ1n) is 8.37. The smallest absolute Gasteiger partial charge is 0.278 e. The summed E-state index contributed by atoms with van der Waals surface area (Å²) in [5.74, 6) is -0.619. The van der Waals surface area contributed by atoms with Gasteiger partial charge in [-0.2, -0.15) is 13.2 Å². The second-order valence-corrected chi connectivity index (χ2v) is 6.98. The van der Waals surface area contributed by atoms with Crippen LogP contribution in [-0.2, 0) is 22.3 Å². The number of likely N-dealkylation sites (tertiary alicyclic amines) is 1. The summed E-state index contributed by atoms with van der Waals surface area (Å²) in [6.07, 6.45) is -3.75. The van der Waals surface area contributed by atoms with Gasteiger partial charge in [-0.3, -0.25) is 14.5 Å². The Hall–Kier alpha value is -2.63. The molecule has 26 heavy (non-hydrogen) atoms. The maximum absolute atomic E-state index is 12.8. The number of alkyl halides is 3. The van der Waals surface area contributed by atoms with Crippen LogP contribution in [0, 0.1) is 5.41 Å². The van der Waals surface area contributed by atoms with Crippen molar-refractivity contribution in [1.29, 1.82) is 0 Å². The number of amides is 2. The van der Waals surface area contributed by atoms with E-state index >= 15 is 0 Å². The van der Waals surface area contributed by atoms with Gasteiger partial charge in [-0.15, -0.1) is 0 Å². The van der Waals surface area contributed by atoms with Gasteiger partial charge in [0, 0.05) is 6.42 Å². The summed E-state index contributed by atoms with van der Waals surface area (Å²) in [7, 11) is 0. The van der Waals surface area contributed by atoms with E-state index in [1.165, 1.54) is 17.0 Å².